The van der Waals surface area contributed by atoms with E-state index in [1.54, 1.807) is 0 Å². The maximum atomic E-state index is 13.2. The van der Waals surface area contributed by atoms with E-state index in [0.717, 1.165) is 11.3 Å². The van der Waals surface area contributed by atoms with Crippen LogP contribution in [0.4, 0.5) is 21.7 Å². The van der Waals surface area contributed by atoms with E-state index in [9.17, 15) is 9.18 Å². The molecule has 7 heteroatoms. The number of halogens is 2. The van der Waals surface area contributed by atoms with Gasteiger partial charge >= 0.3 is 0 Å². The predicted octanol–water partition coefficient (Wildman–Crippen LogP) is 5.39. The fraction of sp³-hybridized carbons (Fsp3) is 0.150. The van der Waals surface area contributed by atoms with Crippen LogP contribution in [-0.4, -0.2) is 15.9 Å². The van der Waals surface area contributed by atoms with Gasteiger partial charge in [-0.05, 0) is 35.7 Å². The van der Waals surface area contributed by atoms with Gasteiger partial charge in [0.15, 0.2) is 0 Å². The summed E-state index contributed by atoms with van der Waals surface area (Å²) in [4.78, 5) is 20.7. The van der Waals surface area contributed by atoms with Crippen LogP contribution in [0.25, 0.3) is 0 Å². The fourth-order valence-electron chi connectivity index (χ4n) is 2.52. The molecule has 2 aromatic carbocycles. The number of carbonyl (C=O) groups is 1. The Balaban J connectivity index is 1.71. The second kappa shape index (κ2) is 8.14. The molecule has 1 aromatic heterocycles. The Morgan fingerprint density at radius 1 is 1.11 bits per heavy atom. The lowest BCUT2D eigenvalue weighted by Gasteiger charge is -2.13. The van der Waals surface area contributed by atoms with Crippen molar-refractivity contribution in [2.24, 2.45) is 0 Å². The van der Waals surface area contributed by atoms with Gasteiger partial charge in [-0.1, -0.05) is 43.6 Å². The molecule has 0 aliphatic rings. The summed E-state index contributed by atoms with van der Waals surface area (Å²) in [5.74, 6) is -0.236. The molecule has 0 radical (unpaired) electrons. The van der Waals surface area contributed by atoms with Gasteiger partial charge in [0.2, 0.25) is 5.95 Å². The number of para-hydroxylation sites is 1. The Morgan fingerprint density at radius 3 is 2.48 bits per heavy atom. The molecule has 1 heterocycles. The molecular formula is C20H18ClFN4O. The van der Waals surface area contributed by atoms with Crippen LogP contribution in [0.2, 0.25) is 5.02 Å². The zero-order chi connectivity index (χ0) is 19.4. The number of aromatic nitrogens is 2. The van der Waals surface area contributed by atoms with Crippen molar-refractivity contribution in [3.8, 4) is 0 Å². The van der Waals surface area contributed by atoms with Gasteiger partial charge in [-0.3, -0.25) is 4.79 Å². The third-order valence-corrected chi connectivity index (χ3v) is 4.21. The molecule has 0 aliphatic heterocycles. The van der Waals surface area contributed by atoms with Crippen LogP contribution < -0.4 is 10.6 Å². The van der Waals surface area contributed by atoms with Crippen LogP contribution >= 0.6 is 11.6 Å². The summed E-state index contributed by atoms with van der Waals surface area (Å²) in [5, 5.41) is 5.80. The number of amides is 1. The average molecular weight is 385 g/mol. The molecule has 0 atom stereocenters. The van der Waals surface area contributed by atoms with Crippen LogP contribution in [0.1, 0.15) is 35.7 Å². The number of hydrogen-bond acceptors (Lipinski definition) is 4. The Bertz CT molecular complexity index is 960. The summed E-state index contributed by atoms with van der Waals surface area (Å²) >= 11 is 5.75. The molecule has 3 rings (SSSR count). The zero-order valence-electron chi connectivity index (χ0n) is 14.8. The van der Waals surface area contributed by atoms with E-state index in [1.165, 1.54) is 30.6 Å². The molecule has 138 valence electrons. The third kappa shape index (κ3) is 4.60. The molecule has 0 saturated carbocycles. The maximum absolute atomic E-state index is 13.2. The summed E-state index contributed by atoms with van der Waals surface area (Å²) in [7, 11) is 0. The Morgan fingerprint density at radius 2 is 1.81 bits per heavy atom. The van der Waals surface area contributed by atoms with Gasteiger partial charge in [0.25, 0.3) is 5.91 Å². The molecule has 1 amide bonds. The second-order valence-corrected chi connectivity index (χ2v) is 6.65. The van der Waals surface area contributed by atoms with Crippen LogP contribution in [0.5, 0.6) is 0 Å². The van der Waals surface area contributed by atoms with Gasteiger partial charge in [-0.2, -0.15) is 0 Å². The highest BCUT2D eigenvalue weighted by atomic mass is 35.5. The van der Waals surface area contributed by atoms with E-state index >= 15 is 0 Å². The van der Waals surface area contributed by atoms with Crippen molar-refractivity contribution >= 4 is 34.8 Å². The van der Waals surface area contributed by atoms with E-state index in [-0.39, 0.29) is 22.8 Å². The van der Waals surface area contributed by atoms with Gasteiger partial charge in [-0.25, -0.2) is 14.4 Å². The van der Waals surface area contributed by atoms with Gasteiger partial charge in [0.05, 0.1) is 10.6 Å². The minimum atomic E-state index is -0.503. The van der Waals surface area contributed by atoms with Crippen molar-refractivity contribution in [3.63, 3.8) is 0 Å². The van der Waals surface area contributed by atoms with Crippen molar-refractivity contribution in [2.45, 2.75) is 19.8 Å². The largest absolute Gasteiger partial charge is 0.324 e. The molecule has 5 nitrogen and oxygen atoms in total. The molecule has 2 N–H and O–H groups in total. The van der Waals surface area contributed by atoms with E-state index in [0.29, 0.717) is 11.3 Å². The Labute approximate surface area is 161 Å². The Kier molecular flexibility index (Phi) is 5.66. The summed E-state index contributed by atoms with van der Waals surface area (Å²) in [6, 6.07) is 11.9. The first-order chi connectivity index (χ1) is 12.9. The summed E-state index contributed by atoms with van der Waals surface area (Å²) < 4.78 is 13.2. The van der Waals surface area contributed by atoms with Crippen LogP contribution in [-0.2, 0) is 0 Å². The SMILES string of the molecule is CC(C)c1ccccc1NC(=O)c1cnc(Nc2ccc(F)c(Cl)c2)nc1. The first kappa shape index (κ1) is 18.8. The van der Waals surface area contributed by atoms with Crippen molar-refractivity contribution < 1.29 is 9.18 Å². The van der Waals surface area contributed by atoms with Crippen molar-refractivity contribution in [2.75, 3.05) is 10.6 Å². The van der Waals surface area contributed by atoms with Gasteiger partial charge in [0, 0.05) is 23.8 Å². The quantitative estimate of drug-likeness (QED) is 0.619. The molecular weight excluding hydrogens is 367 g/mol. The van der Waals surface area contributed by atoms with E-state index < -0.39 is 5.82 Å². The average Bonchev–Trinajstić information content (AvgIpc) is 2.65. The van der Waals surface area contributed by atoms with E-state index in [1.807, 2.05) is 24.3 Å². The molecule has 0 aliphatic carbocycles. The standard InChI is InChI=1S/C20H18ClFN4O/c1-12(2)15-5-3-4-6-18(15)26-19(27)13-10-23-20(24-11-13)25-14-7-8-17(22)16(21)9-14/h3-12H,1-2H3,(H,26,27)(H,23,24,25). The number of benzene rings is 2. The van der Waals surface area contributed by atoms with Crippen LogP contribution in [0.15, 0.2) is 54.9 Å². The predicted molar refractivity (Wildman–Crippen MR) is 105 cm³/mol. The van der Waals surface area contributed by atoms with Crippen molar-refractivity contribution in [3.05, 3.63) is 76.8 Å². The smallest absolute Gasteiger partial charge is 0.258 e. The molecule has 3 aromatic rings. The number of hydrogen-bond donors (Lipinski definition) is 2. The molecule has 0 saturated heterocycles. The van der Waals surface area contributed by atoms with Crippen molar-refractivity contribution in [1.29, 1.82) is 0 Å². The fourth-order valence-corrected chi connectivity index (χ4v) is 2.70. The van der Waals surface area contributed by atoms with Gasteiger partial charge in [0.1, 0.15) is 5.82 Å². The highest BCUT2D eigenvalue weighted by molar-refractivity contribution is 6.31. The molecule has 27 heavy (non-hydrogen) atoms. The third-order valence-electron chi connectivity index (χ3n) is 3.92. The molecule has 0 spiro atoms. The summed E-state index contributed by atoms with van der Waals surface area (Å²) in [5.41, 5.74) is 2.69. The minimum Gasteiger partial charge on any atom is -0.324 e. The second-order valence-electron chi connectivity index (χ2n) is 6.25. The van der Waals surface area contributed by atoms with E-state index in [2.05, 4.69) is 34.4 Å². The van der Waals surface area contributed by atoms with Gasteiger partial charge in [-0.15, -0.1) is 0 Å². The van der Waals surface area contributed by atoms with Crippen molar-refractivity contribution in [1.82, 2.24) is 9.97 Å². The highest BCUT2D eigenvalue weighted by Crippen LogP contribution is 2.24. The van der Waals surface area contributed by atoms with Gasteiger partial charge < -0.3 is 10.6 Å². The topological polar surface area (TPSA) is 66.9 Å². The lowest BCUT2D eigenvalue weighted by Crippen LogP contribution is -2.14. The number of anilines is 3. The number of nitrogens with one attached hydrogen (secondary N) is 2. The summed E-state index contributed by atoms with van der Waals surface area (Å²) in [6.07, 6.45) is 2.85. The first-order valence-corrected chi connectivity index (χ1v) is 8.76. The van der Waals surface area contributed by atoms with E-state index in [4.69, 9.17) is 11.6 Å². The van der Waals surface area contributed by atoms with Crippen LogP contribution in [0, 0.1) is 5.82 Å². The monoisotopic (exact) mass is 384 g/mol. The first-order valence-electron chi connectivity index (χ1n) is 8.38. The number of carbonyl (C=O) groups excluding carboxylic acids is 1. The number of nitrogens with zero attached hydrogens (tertiary/aromatic N) is 2. The molecule has 0 bridgehead atoms. The zero-order valence-corrected chi connectivity index (χ0v) is 15.6. The minimum absolute atomic E-state index is 0.000171. The van der Waals surface area contributed by atoms with Crippen LogP contribution in [0.3, 0.4) is 0 Å². The Hall–Kier alpha value is -2.99. The molecule has 0 fully saturated rings. The lowest BCUT2D eigenvalue weighted by atomic mass is 10.0. The lowest BCUT2D eigenvalue weighted by molar-refractivity contribution is 0.102. The highest BCUT2D eigenvalue weighted by Gasteiger charge is 2.12. The molecule has 0 unspecified atom stereocenters. The summed E-state index contributed by atoms with van der Waals surface area (Å²) in [6.45, 7) is 4.13. The normalized spacial score (nSPS) is 10.7. The maximum Gasteiger partial charge on any atom is 0.258 e. The number of rotatable bonds is 5.